The lowest BCUT2D eigenvalue weighted by Gasteiger charge is -2.22. The van der Waals surface area contributed by atoms with Gasteiger partial charge >= 0.3 is 0 Å². The zero-order valence-corrected chi connectivity index (χ0v) is 29.6. The fourth-order valence-corrected chi connectivity index (χ4v) is 6.74. The Morgan fingerprint density at radius 2 is 1.52 bits per heavy atom. The predicted octanol–water partition coefficient (Wildman–Crippen LogP) is 12.6. The molecule has 2 aliphatic rings. The molecule has 2 nitrogen and oxygen atoms in total. The molecule has 2 heteroatoms. The molecule has 0 bridgehead atoms. The van der Waals surface area contributed by atoms with Gasteiger partial charge in [0.15, 0.2) is 0 Å². The van der Waals surface area contributed by atoms with Gasteiger partial charge in [-0.3, -0.25) is 9.98 Å². The molecule has 0 atom stereocenters. The van der Waals surface area contributed by atoms with Crippen LogP contribution in [-0.2, 0) is 6.54 Å². The third-order valence-electron chi connectivity index (χ3n) is 9.73. The van der Waals surface area contributed by atoms with E-state index in [0.29, 0.717) is 6.54 Å². The molecule has 0 aromatic heterocycles. The molecule has 0 heterocycles. The summed E-state index contributed by atoms with van der Waals surface area (Å²) in [5.41, 5.74) is 17.1. The first-order valence-corrected chi connectivity index (χ1v) is 17.6. The molecule has 0 fully saturated rings. The smallest absolute Gasteiger partial charge is 0.0716 e. The van der Waals surface area contributed by atoms with Crippen molar-refractivity contribution in [2.45, 2.75) is 53.0 Å². The number of hydrogen-bond donors (Lipinski definition) is 0. The fraction of sp³-hybridized carbons (Fsp3) is 0.167. The maximum Gasteiger partial charge on any atom is 0.0716 e. The van der Waals surface area contributed by atoms with E-state index in [9.17, 15) is 0 Å². The SMILES string of the molecule is C=N/C(=C\C(=N/Cc1ccccc1)c1cccc(C(=C)/C(C)=C(/C2=C(C)CCC=C2)c2ccccc2C)c1)c1ccc(C2=CC=CCC2)cc1. The van der Waals surface area contributed by atoms with Gasteiger partial charge < -0.3 is 0 Å². The van der Waals surface area contributed by atoms with E-state index in [1.54, 1.807) is 0 Å². The average molecular weight is 651 g/mol. The zero-order chi connectivity index (χ0) is 34.9. The van der Waals surface area contributed by atoms with Crippen molar-refractivity contribution < 1.29 is 0 Å². The van der Waals surface area contributed by atoms with Gasteiger partial charge in [-0.2, -0.15) is 0 Å². The summed E-state index contributed by atoms with van der Waals surface area (Å²) in [6, 6.07) is 36.3. The molecule has 50 heavy (non-hydrogen) atoms. The Morgan fingerprint density at radius 3 is 2.24 bits per heavy atom. The van der Waals surface area contributed by atoms with Crippen molar-refractivity contribution in [3.63, 3.8) is 0 Å². The van der Waals surface area contributed by atoms with Gasteiger partial charge in [0.05, 0.1) is 18.0 Å². The van der Waals surface area contributed by atoms with Crippen LogP contribution in [0, 0.1) is 6.92 Å². The normalized spacial score (nSPS) is 15.5. The topological polar surface area (TPSA) is 24.7 Å². The molecule has 0 N–H and O–H groups in total. The van der Waals surface area contributed by atoms with Gasteiger partial charge in [-0.05, 0) is 121 Å². The van der Waals surface area contributed by atoms with Crippen molar-refractivity contribution in [2.24, 2.45) is 9.98 Å². The summed E-state index contributed by atoms with van der Waals surface area (Å²) in [6.07, 6.45) is 17.5. The van der Waals surface area contributed by atoms with E-state index < -0.39 is 0 Å². The number of rotatable bonds is 11. The first-order valence-electron chi connectivity index (χ1n) is 17.6. The summed E-state index contributed by atoms with van der Waals surface area (Å²) < 4.78 is 0. The summed E-state index contributed by atoms with van der Waals surface area (Å²) in [5.74, 6) is 0. The quantitative estimate of drug-likeness (QED) is 0.114. The van der Waals surface area contributed by atoms with Gasteiger partial charge in [-0.1, -0.05) is 140 Å². The highest BCUT2D eigenvalue weighted by Crippen LogP contribution is 2.39. The van der Waals surface area contributed by atoms with Crippen molar-refractivity contribution in [3.05, 3.63) is 202 Å². The molecule has 0 spiro atoms. The Bertz CT molecular complexity index is 2110. The van der Waals surface area contributed by atoms with Crippen LogP contribution in [-0.4, -0.2) is 12.4 Å². The lowest BCUT2D eigenvalue weighted by molar-refractivity contribution is 0.949. The van der Waals surface area contributed by atoms with E-state index in [1.165, 1.54) is 44.6 Å². The van der Waals surface area contributed by atoms with E-state index in [0.717, 1.165) is 64.9 Å². The number of hydrogen-bond acceptors (Lipinski definition) is 2. The Morgan fingerprint density at radius 1 is 0.780 bits per heavy atom. The highest BCUT2D eigenvalue weighted by Gasteiger charge is 2.19. The van der Waals surface area contributed by atoms with Crippen LogP contribution in [0.2, 0.25) is 0 Å². The largest absolute Gasteiger partial charge is 0.280 e. The minimum Gasteiger partial charge on any atom is -0.280 e. The van der Waals surface area contributed by atoms with Gasteiger partial charge in [-0.25, -0.2) is 0 Å². The van der Waals surface area contributed by atoms with E-state index in [2.05, 4.69) is 173 Å². The summed E-state index contributed by atoms with van der Waals surface area (Å²) in [7, 11) is 0. The highest BCUT2D eigenvalue weighted by molar-refractivity contribution is 6.13. The maximum absolute atomic E-state index is 5.17. The van der Waals surface area contributed by atoms with Gasteiger partial charge in [0, 0.05) is 11.1 Å². The van der Waals surface area contributed by atoms with Crippen LogP contribution >= 0.6 is 0 Å². The van der Waals surface area contributed by atoms with Crippen LogP contribution in [0.25, 0.3) is 22.4 Å². The van der Waals surface area contributed by atoms with Crippen LogP contribution in [0.4, 0.5) is 0 Å². The van der Waals surface area contributed by atoms with Crippen LogP contribution < -0.4 is 0 Å². The molecule has 0 saturated heterocycles. The molecule has 0 saturated carbocycles. The van der Waals surface area contributed by atoms with E-state index in [-0.39, 0.29) is 0 Å². The standard InChI is InChI=1S/C48H46N2/c1-34-17-12-14-25-44(34)48(45-26-15-13-18-35(45)2)37(4)36(3)42-23-16-24-43(31-42)47(50-33-38-19-8-6-9-20-38)32-46(49-5)41-29-27-40(28-30-41)39-21-10-7-11-22-39/h6-10,12,14-17,19-21,23-32H,3,5,11,13,18,22,33H2,1-2,4H3/b46-32-,48-37+,50-47+. The first kappa shape index (κ1) is 34.3. The van der Waals surface area contributed by atoms with Crippen LogP contribution in [0.3, 0.4) is 0 Å². The molecule has 0 unspecified atom stereocenters. The second-order valence-corrected chi connectivity index (χ2v) is 13.1. The molecular weight excluding hydrogens is 605 g/mol. The lowest BCUT2D eigenvalue weighted by atomic mass is 9.82. The number of aryl methyl sites for hydroxylation is 1. The molecule has 0 radical (unpaired) electrons. The number of aliphatic imine (C=N–C) groups is 2. The Kier molecular flexibility index (Phi) is 11.1. The summed E-state index contributed by atoms with van der Waals surface area (Å²) in [4.78, 5) is 9.67. The lowest BCUT2D eigenvalue weighted by Crippen LogP contribution is -2.03. The van der Waals surface area contributed by atoms with Crippen molar-refractivity contribution in [1.29, 1.82) is 0 Å². The molecular formula is C48H46N2. The molecule has 2 aliphatic carbocycles. The summed E-state index contributed by atoms with van der Waals surface area (Å²) >= 11 is 0. The van der Waals surface area contributed by atoms with Crippen molar-refractivity contribution in [2.75, 3.05) is 0 Å². The molecule has 0 aliphatic heterocycles. The van der Waals surface area contributed by atoms with Gasteiger partial charge in [0.1, 0.15) is 0 Å². The molecule has 4 aromatic carbocycles. The molecule has 6 rings (SSSR count). The minimum atomic E-state index is 0.555. The van der Waals surface area contributed by atoms with E-state index >= 15 is 0 Å². The fourth-order valence-electron chi connectivity index (χ4n) is 6.74. The average Bonchev–Trinajstić information content (AvgIpc) is 3.17. The predicted molar refractivity (Wildman–Crippen MR) is 217 cm³/mol. The maximum atomic E-state index is 5.17. The van der Waals surface area contributed by atoms with E-state index in [1.807, 2.05) is 6.07 Å². The number of nitrogens with zero attached hydrogens (tertiary/aromatic N) is 2. The van der Waals surface area contributed by atoms with Crippen molar-refractivity contribution in [1.82, 2.24) is 0 Å². The van der Waals surface area contributed by atoms with Crippen LogP contribution in [0.5, 0.6) is 0 Å². The van der Waals surface area contributed by atoms with E-state index in [4.69, 9.17) is 4.99 Å². The first-order chi connectivity index (χ1) is 24.4. The van der Waals surface area contributed by atoms with Crippen molar-refractivity contribution in [3.8, 4) is 0 Å². The molecule has 4 aromatic rings. The number of allylic oxidation sites excluding steroid dienone is 12. The Labute approximate surface area is 298 Å². The minimum absolute atomic E-state index is 0.555. The number of benzene rings is 4. The monoisotopic (exact) mass is 650 g/mol. The Balaban J connectivity index is 1.41. The van der Waals surface area contributed by atoms with Crippen LogP contribution in [0.1, 0.15) is 78.5 Å². The second kappa shape index (κ2) is 16.2. The second-order valence-electron chi connectivity index (χ2n) is 13.1. The summed E-state index contributed by atoms with van der Waals surface area (Å²) in [5, 5.41) is 0. The summed E-state index contributed by atoms with van der Waals surface area (Å²) in [6.45, 7) is 15.9. The van der Waals surface area contributed by atoms with Crippen molar-refractivity contribution >= 4 is 34.8 Å². The zero-order valence-electron chi connectivity index (χ0n) is 29.6. The third kappa shape index (κ3) is 7.98. The highest BCUT2D eigenvalue weighted by atomic mass is 14.8. The molecule has 248 valence electrons. The van der Waals surface area contributed by atoms with Gasteiger partial charge in [0.25, 0.3) is 0 Å². The van der Waals surface area contributed by atoms with Gasteiger partial charge in [0.2, 0.25) is 0 Å². The third-order valence-corrected chi connectivity index (χ3v) is 9.73. The molecule has 0 amide bonds. The van der Waals surface area contributed by atoms with Crippen LogP contribution in [0.15, 0.2) is 173 Å². The Hall–Kier alpha value is -5.60. The van der Waals surface area contributed by atoms with Gasteiger partial charge in [-0.15, -0.1) is 0 Å².